The van der Waals surface area contributed by atoms with Crippen LogP contribution >= 0.6 is 12.2 Å². The summed E-state index contributed by atoms with van der Waals surface area (Å²) in [4.78, 5) is 22.8. The number of nitrogens with zero attached hydrogens (tertiary/aromatic N) is 4. The van der Waals surface area contributed by atoms with Crippen molar-refractivity contribution in [2.24, 2.45) is 0 Å². The lowest BCUT2D eigenvalue weighted by Crippen LogP contribution is -2.32. The first-order valence-corrected chi connectivity index (χ1v) is 10.6. The molecule has 0 amide bonds. The second-order valence-electron chi connectivity index (χ2n) is 7.52. The molecule has 1 aliphatic heterocycles. The summed E-state index contributed by atoms with van der Waals surface area (Å²) < 4.78 is 7.04. The molecule has 1 fully saturated rings. The van der Waals surface area contributed by atoms with Crippen molar-refractivity contribution in [3.05, 3.63) is 77.6 Å². The molecule has 1 saturated heterocycles. The van der Waals surface area contributed by atoms with E-state index in [1.54, 1.807) is 12.4 Å². The SMILES string of the molecule is COC(=O)CCN1C(=S)N[C@H](c2ccccn2)[C@H]1c1cc(C)n(-c2cccnc2)c1C. The second kappa shape index (κ2) is 8.85. The maximum atomic E-state index is 11.8. The minimum atomic E-state index is -0.260. The Hall–Kier alpha value is -3.26. The molecule has 31 heavy (non-hydrogen) atoms. The molecule has 7 nitrogen and oxygen atoms in total. The Balaban J connectivity index is 1.79. The molecule has 4 rings (SSSR count). The number of ether oxygens (including phenoxy) is 1. The zero-order valence-corrected chi connectivity index (χ0v) is 18.6. The Morgan fingerprint density at radius 3 is 2.74 bits per heavy atom. The molecule has 0 aliphatic carbocycles. The number of thiocarbonyl (C=S) groups is 1. The lowest BCUT2D eigenvalue weighted by Gasteiger charge is -2.28. The molecule has 1 N–H and O–H groups in total. The van der Waals surface area contributed by atoms with Crippen LogP contribution in [0, 0.1) is 13.8 Å². The van der Waals surface area contributed by atoms with E-state index in [2.05, 4.69) is 44.7 Å². The molecule has 0 spiro atoms. The molecule has 0 radical (unpaired) electrons. The van der Waals surface area contributed by atoms with Gasteiger partial charge in [0, 0.05) is 30.3 Å². The molecule has 1 aliphatic rings. The number of methoxy groups -OCH3 is 1. The van der Waals surface area contributed by atoms with Crippen molar-refractivity contribution in [1.82, 2.24) is 24.8 Å². The van der Waals surface area contributed by atoms with Crippen LogP contribution in [-0.4, -0.2) is 44.2 Å². The fourth-order valence-corrected chi connectivity index (χ4v) is 4.60. The summed E-state index contributed by atoms with van der Waals surface area (Å²) in [6, 6.07) is 11.8. The van der Waals surface area contributed by atoms with Gasteiger partial charge in [-0.1, -0.05) is 6.07 Å². The number of rotatable bonds is 6. The molecular weight excluding hydrogens is 410 g/mol. The second-order valence-corrected chi connectivity index (χ2v) is 7.91. The zero-order chi connectivity index (χ0) is 22.0. The van der Waals surface area contributed by atoms with Crippen molar-refractivity contribution in [3.63, 3.8) is 0 Å². The van der Waals surface area contributed by atoms with E-state index < -0.39 is 0 Å². The predicted molar refractivity (Wildman–Crippen MR) is 122 cm³/mol. The number of pyridine rings is 2. The molecular formula is C23H25N5O2S. The maximum absolute atomic E-state index is 11.8. The highest BCUT2D eigenvalue weighted by atomic mass is 32.1. The summed E-state index contributed by atoms with van der Waals surface area (Å²) in [5, 5.41) is 4.03. The summed E-state index contributed by atoms with van der Waals surface area (Å²) >= 11 is 5.68. The van der Waals surface area contributed by atoms with Gasteiger partial charge in [0.1, 0.15) is 0 Å². The largest absolute Gasteiger partial charge is 0.469 e. The van der Waals surface area contributed by atoms with Gasteiger partial charge in [0.15, 0.2) is 5.11 Å². The van der Waals surface area contributed by atoms with Crippen LogP contribution in [0.1, 0.15) is 41.1 Å². The molecule has 3 aromatic rings. The number of carbonyl (C=O) groups excluding carboxylic acids is 1. The number of carbonyl (C=O) groups is 1. The molecule has 0 bridgehead atoms. The van der Waals surface area contributed by atoms with E-state index in [9.17, 15) is 4.79 Å². The number of nitrogens with one attached hydrogen (secondary N) is 1. The standard InChI is InChI=1S/C23H25N5O2S/c1-15-13-18(16(2)28(15)17-7-6-10-24-14-17)22-21(19-8-4-5-11-25-19)26-23(31)27(22)12-9-20(29)30-3/h4-8,10-11,13-14,21-22H,9,12H2,1-3H3,(H,26,31)/t21-,22-/m1/s1. The van der Waals surface area contributed by atoms with Crippen LogP contribution in [0.25, 0.3) is 5.69 Å². The summed E-state index contributed by atoms with van der Waals surface area (Å²) in [6.07, 6.45) is 5.66. The van der Waals surface area contributed by atoms with Crippen molar-refractivity contribution < 1.29 is 9.53 Å². The number of esters is 1. The molecule has 160 valence electrons. The van der Waals surface area contributed by atoms with Gasteiger partial charge in [-0.25, -0.2) is 0 Å². The normalized spacial score (nSPS) is 18.2. The summed E-state index contributed by atoms with van der Waals surface area (Å²) in [6.45, 7) is 4.65. The molecule has 2 atom stereocenters. The van der Waals surface area contributed by atoms with E-state index in [0.717, 1.165) is 28.3 Å². The fourth-order valence-electron chi connectivity index (χ4n) is 4.27. The minimum absolute atomic E-state index is 0.108. The molecule has 3 aromatic heterocycles. The Kier molecular flexibility index (Phi) is 5.99. The Labute approximate surface area is 187 Å². The number of aromatic nitrogens is 3. The third-order valence-electron chi connectivity index (χ3n) is 5.68. The van der Waals surface area contributed by atoms with Crippen molar-refractivity contribution in [1.29, 1.82) is 0 Å². The first kappa shape index (κ1) is 21.0. The summed E-state index contributed by atoms with van der Waals surface area (Å²) in [5.74, 6) is -0.260. The average molecular weight is 436 g/mol. The van der Waals surface area contributed by atoms with Gasteiger partial charge in [0.2, 0.25) is 0 Å². The Bertz CT molecular complexity index is 1080. The summed E-state index contributed by atoms with van der Waals surface area (Å²) in [7, 11) is 1.40. The lowest BCUT2D eigenvalue weighted by atomic mass is 9.96. The number of aryl methyl sites for hydroxylation is 1. The maximum Gasteiger partial charge on any atom is 0.307 e. The highest BCUT2D eigenvalue weighted by Crippen LogP contribution is 2.41. The van der Waals surface area contributed by atoms with Gasteiger partial charge in [0.05, 0.1) is 43.2 Å². The minimum Gasteiger partial charge on any atom is -0.469 e. The molecule has 8 heteroatoms. The van der Waals surface area contributed by atoms with Gasteiger partial charge in [-0.3, -0.25) is 14.8 Å². The average Bonchev–Trinajstić information content (AvgIpc) is 3.28. The van der Waals surface area contributed by atoms with Crippen LogP contribution < -0.4 is 5.32 Å². The van der Waals surface area contributed by atoms with E-state index in [1.165, 1.54) is 7.11 Å². The Morgan fingerprint density at radius 2 is 2.06 bits per heavy atom. The van der Waals surface area contributed by atoms with Crippen LogP contribution in [-0.2, 0) is 9.53 Å². The fraction of sp³-hybridized carbons (Fsp3) is 0.304. The topological polar surface area (TPSA) is 72.3 Å². The highest BCUT2D eigenvalue weighted by Gasteiger charge is 2.41. The predicted octanol–water partition coefficient (Wildman–Crippen LogP) is 3.42. The van der Waals surface area contributed by atoms with Crippen molar-refractivity contribution in [3.8, 4) is 5.69 Å². The lowest BCUT2D eigenvalue weighted by molar-refractivity contribution is -0.140. The smallest absolute Gasteiger partial charge is 0.307 e. The molecule has 0 saturated carbocycles. The van der Waals surface area contributed by atoms with Crippen LogP contribution in [0.2, 0.25) is 0 Å². The van der Waals surface area contributed by atoms with Crippen LogP contribution in [0.3, 0.4) is 0 Å². The van der Waals surface area contributed by atoms with Gasteiger partial charge in [-0.2, -0.15) is 0 Å². The van der Waals surface area contributed by atoms with E-state index in [0.29, 0.717) is 11.7 Å². The van der Waals surface area contributed by atoms with Gasteiger partial charge in [-0.05, 0) is 62.0 Å². The first-order chi connectivity index (χ1) is 15.0. The molecule has 0 unspecified atom stereocenters. The number of hydrogen-bond acceptors (Lipinski definition) is 5. The first-order valence-electron chi connectivity index (χ1n) is 10.2. The van der Waals surface area contributed by atoms with Gasteiger partial charge in [0.25, 0.3) is 0 Å². The van der Waals surface area contributed by atoms with E-state index in [-0.39, 0.29) is 24.5 Å². The third-order valence-corrected chi connectivity index (χ3v) is 6.03. The van der Waals surface area contributed by atoms with E-state index >= 15 is 0 Å². The summed E-state index contributed by atoms with van der Waals surface area (Å²) in [5.41, 5.74) is 5.25. The van der Waals surface area contributed by atoms with Crippen molar-refractivity contribution in [2.75, 3.05) is 13.7 Å². The highest BCUT2D eigenvalue weighted by molar-refractivity contribution is 7.80. The van der Waals surface area contributed by atoms with Crippen molar-refractivity contribution >= 4 is 23.3 Å². The van der Waals surface area contributed by atoms with E-state index in [1.807, 2.05) is 36.5 Å². The molecule has 4 heterocycles. The van der Waals surface area contributed by atoms with Gasteiger partial charge < -0.3 is 19.5 Å². The molecule has 0 aromatic carbocycles. The van der Waals surface area contributed by atoms with Crippen LogP contribution in [0.4, 0.5) is 0 Å². The van der Waals surface area contributed by atoms with Crippen molar-refractivity contribution in [2.45, 2.75) is 32.4 Å². The van der Waals surface area contributed by atoms with Crippen LogP contribution in [0.15, 0.2) is 55.0 Å². The van der Waals surface area contributed by atoms with Gasteiger partial charge in [-0.15, -0.1) is 0 Å². The number of hydrogen-bond donors (Lipinski definition) is 1. The van der Waals surface area contributed by atoms with E-state index in [4.69, 9.17) is 17.0 Å². The third kappa shape index (κ3) is 4.03. The van der Waals surface area contributed by atoms with Crippen LogP contribution in [0.5, 0.6) is 0 Å². The Morgan fingerprint density at radius 1 is 1.23 bits per heavy atom. The quantitative estimate of drug-likeness (QED) is 0.470. The monoisotopic (exact) mass is 435 g/mol. The zero-order valence-electron chi connectivity index (χ0n) is 17.8. The van der Waals surface area contributed by atoms with Gasteiger partial charge >= 0.3 is 5.97 Å².